The van der Waals surface area contributed by atoms with Crippen LogP contribution in [0.2, 0.25) is 5.02 Å². The maximum atomic E-state index is 10.9. The van der Waals surface area contributed by atoms with E-state index in [1.54, 1.807) is 12.1 Å². The Morgan fingerprint density at radius 2 is 2.13 bits per heavy atom. The molecule has 1 aromatic carbocycles. The highest BCUT2D eigenvalue weighted by molar-refractivity contribution is 9.10. The molecule has 0 amide bonds. The van der Waals surface area contributed by atoms with Crippen LogP contribution in [0.15, 0.2) is 28.9 Å². The molecule has 0 spiro atoms. The van der Waals surface area contributed by atoms with Gasteiger partial charge < -0.3 is 10.4 Å². The summed E-state index contributed by atoms with van der Waals surface area (Å²) in [5, 5.41) is 20.7. The van der Waals surface area contributed by atoms with Gasteiger partial charge in [0.25, 0.3) is 0 Å². The molecule has 0 fully saturated rings. The molecule has 0 saturated heterocycles. The molecule has 0 aliphatic heterocycles. The van der Waals surface area contributed by atoms with Gasteiger partial charge in [0, 0.05) is 16.1 Å². The second-order valence-electron chi connectivity index (χ2n) is 2.92. The number of hydrogen-bond donors (Lipinski definition) is 1. The third kappa shape index (κ3) is 2.05. The Balaban J connectivity index is 2.80. The van der Waals surface area contributed by atoms with Crippen LogP contribution < -0.4 is 5.23 Å². The Bertz CT molecular complexity index is 513. The van der Waals surface area contributed by atoms with Crippen LogP contribution in [-0.4, -0.2) is 10.2 Å². The molecule has 1 aromatic heterocycles. The Hall–Kier alpha value is -0.880. The van der Waals surface area contributed by atoms with E-state index in [0.717, 1.165) is 0 Å². The van der Waals surface area contributed by atoms with Crippen LogP contribution in [0.1, 0.15) is 0 Å². The molecule has 0 aliphatic rings. The Labute approximate surface area is 98.8 Å². The van der Waals surface area contributed by atoms with Crippen LogP contribution >= 0.6 is 27.5 Å². The van der Waals surface area contributed by atoms with E-state index in [4.69, 9.17) is 16.8 Å². The Morgan fingerprint density at radius 3 is 2.80 bits per heavy atom. The van der Waals surface area contributed by atoms with E-state index in [1.807, 2.05) is 0 Å². The summed E-state index contributed by atoms with van der Waals surface area (Å²) >= 11 is 9.00. The van der Waals surface area contributed by atoms with Gasteiger partial charge in [0.15, 0.2) is 0 Å². The smallest absolute Gasteiger partial charge is 0.0950 e. The standard InChI is InChI=1S/C9H5BrClN2O2/c10-6-1-5-2-7(11)4-12-9(5)8(3-6)13(14)15/h1-4,14H/q-1. The Kier molecular flexibility index (Phi) is 2.79. The van der Waals surface area contributed by atoms with Crippen LogP contribution in [0.5, 0.6) is 0 Å². The van der Waals surface area contributed by atoms with E-state index >= 15 is 0 Å². The van der Waals surface area contributed by atoms with Gasteiger partial charge in [0.05, 0.1) is 16.2 Å². The van der Waals surface area contributed by atoms with Gasteiger partial charge in [-0.15, -0.1) is 0 Å². The molecule has 1 N–H and O–H groups in total. The fourth-order valence-corrected chi connectivity index (χ4v) is 1.94. The summed E-state index contributed by atoms with van der Waals surface area (Å²) in [7, 11) is 0. The lowest BCUT2D eigenvalue weighted by atomic mass is 10.2. The van der Waals surface area contributed by atoms with Crippen LogP contribution in [0, 0.1) is 5.21 Å². The van der Waals surface area contributed by atoms with Gasteiger partial charge in [-0.3, -0.25) is 10.2 Å². The number of anilines is 1. The molecule has 15 heavy (non-hydrogen) atoms. The van der Waals surface area contributed by atoms with Crippen LogP contribution in [0.4, 0.5) is 5.69 Å². The largest absolute Gasteiger partial charge is 0.733 e. The topological polar surface area (TPSA) is 59.4 Å². The summed E-state index contributed by atoms with van der Waals surface area (Å²) in [5.41, 5.74) is 0.483. The Morgan fingerprint density at radius 1 is 1.40 bits per heavy atom. The van der Waals surface area contributed by atoms with Crippen molar-refractivity contribution in [3.05, 3.63) is 39.1 Å². The van der Waals surface area contributed by atoms with Gasteiger partial charge in [-0.05, 0) is 18.2 Å². The molecule has 2 rings (SSSR count). The molecule has 0 radical (unpaired) electrons. The number of halogens is 2. The summed E-state index contributed by atoms with van der Waals surface area (Å²) in [4.78, 5) is 3.99. The van der Waals surface area contributed by atoms with Crippen LogP contribution in [0.3, 0.4) is 0 Å². The van der Waals surface area contributed by atoms with Crippen molar-refractivity contribution >= 4 is 44.1 Å². The zero-order chi connectivity index (χ0) is 11.0. The van der Waals surface area contributed by atoms with Crippen molar-refractivity contribution in [3.8, 4) is 0 Å². The van der Waals surface area contributed by atoms with Crippen molar-refractivity contribution in [2.24, 2.45) is 0 Å². The van der Waals surface area contributed by atoms with Crippen molar-refractivity contribution in [2.45, 2.75) is 0 Å². The highest BCUT2D eigenvalue weighted by Gasteiger charge is 2.05. The lowest BCUT2D eigenvalue weighted by Gasteiger charge is -2.23. The van der Waals surface area contributed by atoms with Crippen LogP contribution in [0.25, 0.3) is 10.9 Å². The lowest BCUT2D eigenvalue weighted by molar-refractivity contribution is 0.297. The predicted octanol–water partition coefficient (Wildman–Crippen LogP) is 3.34. The van der Waals surface area contributed by atoms with E-state index < -0.39 is 0 Å². The molecule has 0 aliphatic carbocycles. The quantitative estimate of drug-likeness (QED) is 0.818. The normalized spacial score (nSPS) is 10.7. The molecule has 4 nitrogen and oxygen atoms in total. The van der Waals surface area contributed by atoms with Gasteiger partial charge in [0.2, 0.25) is 0 Å². The zero-order valence-electron chi connectivity index (χ0n) is 7.32. The van der Waals surface area contributed by atoms with Crippen molar-refractivity contribution in [1.29, 1.82) is 0 Å². The second kappa shape index (κ2) is 3.94. The average molecular weight is 289 g/mol. The fourth-order valence-electron chi connectivity index (χ4n) is 1.31. The summed E-state index contributed by atoms with van der Waals surface area (Å²) < 4.78 is 0.670. The number of hydrogen-bond acceptors (Lipinski definition) is 4. The molecule has 6 heteroatoms. The molecule has 0 bridgehead atoms. The van der Waals surface area contributed by atoms with E-state index in [1.165, 1.54) is 12.3 Å². The first-order chi connectivity index (χ1) is 7.08. The van der Waals surface area contributed by atoms with Crippen molar-refractivity contribution in [1.82, 2.24) is 4.98 Å². The maximum Gasteiger partial charge on any atom is 0.0950 e. The monoisotopic (exact) mass is 287 g/mol. The van der Waals surface area contributed by atoms with Gasteiger partial charge in [0.1, 0.15) is 0 Å². The van der Waals surface area contributed by atoms with Crippen LogP contribution in [-0.2, 0) is 0 Å². The van der Waals surface area contributed by atoms with E-state index in [0.29, 0.717) is 20.4 Å². The summed E-state index contributed by atoms with van der Waals surface area (Å²) in [5.74, 6) is 0. The molecular weight excluding hydrogens is 283 g/mol. The minimum Gasteiger partial charge on any atom is -0.733 e. The van der Waals surface area contributed by atoms with Crippen molar-refractivity contribution in [3.63, 3.8) is 0 Å². The minimum atomic E-state index is -0.214. The first kappa shape index (κ1) is 10.6. The van der Waals surface area contributed by atoms with Crippen molar-refractivity contribution < 1.29 is 5.21 Å². The zero-order valence-corrected chi connectivity index (χ0v) is 9.66. The number of rotatable bonds is 1. The molecular formula is C9H5BrClN2O2-. The second-order valence-corrected chi connectivity index (χ2v) is 4.28. The van der Waals surface area contributed by atoms with Gasteiger partial charge >= 0.3 is 0 Å². The number of pyridine rings is 1. The number of aromatic nitrogens is 1. The molecule has 1 heterocycles. The summed E-state index contributed by atoms with van der Waals surface area (Å²) in [6.07, 6.45) is 1.42. The minimum absolute atomic E-state index is 0.0797. The lowest BCUT2D eigenvalue weighted by Crippen LogP contribution is -2.08. The van der Waals surface area contributed by atoms with Gasteiger partial charge in [-0.2, -0.15) is 0 Å². The van der Waals surface area contributed by atoms with E-state index in [9.17, 15) is 5.21 Å². The molecule has 0 atom stereocenters. The average Bonchev–Trinajstić information content (AvgIpc) is 2.15. The maximum absolute atomic E-state index is 10.9. The SMILES string of the molecule is [O-]N(O)c1cc(Br)cc2cc(Cl)cnc12. The van der Waals surface area contributed by atoms with E-state index in [2.05, 4.69) is 20.9 Å². The molecule has 0 unspecified atom stereocenters. The first-order valence-corrected chi connectivity index (χ1v) is 5.16. The fraction of sp³-hybridized carbons (Fsp3) is 0. The third-order valence-corrected chi connectivity index (χ3v) is 2.57. The van der Waals surface area contributed by atoms with E-state index in [-0.39, 0.29) is 10.9 Å². The summed E-state index contributed by atoms with van der Waals surface area (Å²) in [6, 6.07) is 4.92. The first-order valence-electron chi connectivity index (χ1n) is 3.99. The highest BCUT2D eigenvalue weighted by atomic mass is 79.9. The third-order valence-electron chi connectivity index (χ3n) is 1.90. The molecule has 78 valence electrons. The summed E-state index contributed by atoms with van der Waals surface area (Å²) in [6.45, 7) is 0. The molecule has 2 aromatic rings. The van der Waals surface area contributed by atoms with Gasteiger partial charge in [-0.1, -0.05) is 27.5 Å². The number of nitrogens with zero attached hydrogens (tertiary/aromatic N) is 2. The highest BCUT2D eigenvalue weighted by Crippen LogP contribution is 2.29. The molecule has 0 saturated carbocycles. The van der Waals surface area contributed by atoms with Crippen molar-refractivity contribution in [2.75, 3.05) is 5.23 Å². The number of benzene rings is 1. The predicted molar refractivity (Wildman–Crippen MR) is 62.1 cm³/mol. The van der Waals surface area contributed by atoms with Gasteiger partial charge in [-0.25, -0.2) is 0 Å². The number of fused-ring (bicyclic) bond motifs is 1.